The zero-order valence-corrected chi connectivity index (χ0v) is 14.4. The number of thioether (sulfide) groups is 1. The predicted octanol–water partition coefficient (Wildman–Crippen LogP) is 3.08. The number of carbonyl (C=O) groups is 1. The van der Waals surface area contributed by atoms with E-state index in [9.17, 15) is 14.0 Å². The van der Waals surface area contributed by atoms with E-state index in [1.165, 1.54) is 53.4 Å². The van der Waals surface area contributed by atoms with Crippen molar-refractivity contribution < 1.29 is 9.18 Å². The maximum Gasteiger partial charge on any atom is 0.258 e. The first-order valence-electron chi connectivity index (χ1n) is 7.13. The summed E-state index contributed by atoms with van der Waals surface area (Å²) in [5.41, 5.74) is 1.96. The Morgan fingerprint density at radius 2 is 2.12 bits per heavy atom. The number of hydrogen-bond acceptors (Lipinski definition) is 5. The standard InChI is InChI=1S/C16H14FN3O2S2/c1-10-7-24-16-19-13(6-15(22)20(10)16)8-23-9-14(21)18-12-4-2-11(17)3-5-12/h2-7H,8-9H2,1H3,(H,18,21). The lowest BCUT2D eigenvalue weighted by molar-refractivity contribution is -0.113. The van der Waals surface area contributed by atoms with Crippen molar-refractivity contribution in [3.05, 3.63) is 63.3 Å². The fourth-order valence-corrected chi connectivity index (χ4v) is 3.76. The van der Waals surface area contributed by atoms with E-state index >= 15 is 0 Å². The van der Waals surface area contributed by atoms with Crippen LogP contribution in [0.5, 0.6) is 0 Å². The second-order valence-electron chi connectivity index (χ2n) is 5.13. The van der Waals surface area contributed by atoms with Crippen molar-refractivity contribution in [2.45, 2.75) is 12.7 Å². The van der Waals surface area contributed by atoms with Crippen molar-refractivity contribution in [1.29, 1.82) is 0 Å². The average molecular weight is 363 g/mol. The lowest BCUT2D eigenvalue weighted by Gasteiger charge is -2.05. The molecular formula is C16H14FN3O2S2. The average Bonchev–Trinajstić information content (AvgIpc) is 2.91. The number of anilines is 1. The SMILES string of the molecule is Cc1csc2nc(CSCC(=O)Nc3ccc(F)cc3)cc(=O)n12. The van der Waals surface area contributed by atoms with E-state index in [4.69, 9.17) is 0 Å². The van der Waals surface area contributed by atoms with Crippen LogP contribution in [0.15, 0.2) is 40.5 Å². The van der Waals surface area contributed by atoms with Crippen molar-refractivity contribution in [3.8, 4) is 0 Å². The molecule has 1 amide bonds. The van der Waals surface area contributed by atoms with Crippen molar-refractivity contribution >= 4 is 39.7 Å². The Labute approximate surface area is 145 Å². The largest absolute Gasteiger partial charge is 0.325 e. The van der Waals surface area contributed by atoms with Crippen LogP contribution in [0.3, 0.4) is 0 Å². The number of hydrogen-bond donors (Lipinski definition) is 1. The number of amides is 1. The molecule has 3 aromatic rings. The summed E-state index contributed by atoms with van der Waals surface area (Å²) in [5, 5.41) is 4.57. The van der Waals surface area contributed by atoms with Gasteiger partial charge >= 0.3 is 0 Å². The Hall–Kier alpha value is -2.19. The Balaban J connectivity index is 1.57. The summed E-state index contributed by atoms with van der Waals surface area (Å²) in [5.74, 6) is 0.164. The molecule has 1 N–H and O–H groups in total. The Morgan fingerprint density at radius 1 is 1.38 bits per heavy atom. The molecule has 2 heterocycles. The molecule has 0 unspecified atom stereocenters. The first kappa shape index (κ1) is 16.7. The minimum atomic E-state index is -0.348. The highest BCUT2D eigenvalue weighted by atomic mass is 32.2. The topological polar surface area (TPSA) is 63.5 Å². The summed E-state index contributed by atoms with van der Waals surface area (Å²) >= 11 is 2.79. The van der Waals surface area contributed by atoms with Gasteiger partial charge in [-0.25, -0.2) is 9.37 Å². The summed E-state index contributed by atoms with van der Waals surface area (Å²) in [4.78, 5) is 29.0. The van der Waals surface area contributed by atoms with Crippen molar-refractivity contribution in [2.75, 3.05) is 11.1 Å². The fourth-order valence-electron chi connectivity index (χ4n) is 2.15. The smallest absolute Gasteiger partial charge is 0.258 e. The number of nitrogens with zero attached hydrogens (tertiary/aromatic N) is 2. The molecule has 0 fully saturated rings. The molecule has 0 aliphatic heterocycles. The summed E-state index contributed by atoms with van der Waals surface area (Å²) < 4.78 is 14.4. The number of aromatic nitrogens is 2. The molecule has 0 atom stereocenters. The molecular weight excluding hydrogens is 349 g/mol. The number of benzene rings is 1. The molecule has 124 valence electrons. The maximum atomic E-state index is 12.8. The van der Waals surface area contributed by atoms with E-state index in [2.05, 4.69) is 10.3 Å². The number of rotatable bonds is 5. The van der Waals surface area contributed by atoms with Crippen molar-refractivity contribution in [3.63, 3.8) is 0 Å². The third kappa shape index (κ3) is 3.82. The molecule has 0 saturated carbocycles. The quantitative estimate of drug-likeness (QED) is 0.757. The molecule has 0 aliphatic rings. The molecule has 24 heavy (non-hydrogen) atoms. The summed E-state index contributed by atoms with van der Waals surface area (Å²) in [6, 6.07) is 7.09. The van der Waals surface area contributed by atoms with E-state index < -0.39 is 0 Å². The molecule has 2 aromatic heterocycles. The Morgan fingerprint density at radius 3 is 2.88 bits per heavy atom. The molecule has 3 rings (SSSR count). The van der Waals surface area contributed by atoms with Crippen LogP contribution in [0.25, 0.3) is 4.96 Å². The summed E-state index contributed by atoms with van der Waals surface area (Å²) in [6.45, 7) is 1.86. The Bertz CT molecular complexity index is 935. The highest BCUT2D eigenvalue weighted by molar-refractivity contribution is 7.99. The number of aryl methyl sites for hydroxylation is 1. The predicted molar refractivity (Wildman–Crippen MR) is 95.3 cm³/mol. The first-order chi connectivity index (χ1) is 11.5. The van der Waals surface area contributed by atoms with Crippen LogP contribution in [0.2, 0.25) is 0 Å². The molecule has 0 spiro atoms. The van der Waals surface area contributed by atoms with Crippen LogP contribution in [-0.4, -0.2) is 21.0 Å². The van der Waals surface area contributed by atoms with Gasteiger partial charge in [-0.2, -0.15) is 0 Å². The van der Waals surface area contributed by atoms with Crippen LogP contribution in [0, 0.1) is 12.7 Å². The molecule has 8 heteroatoms. The minimum Gasteiger partial charge on any atom is -0.325 e. The molecule has 0 radical (unpaired) electrons. The van der Waals surface area contributed by atoms with Gasteiger partial charge in [-0.05, 0) is 31.2 Å². The zero-order chi connectivity index (χ0) is 17.1. The van der Waals surface area contributed by atoms with Gasteiger partial charge in [-0.3, -0.25) is 14.0 Å². The highest BCUT2D eigenvalue weighted by Gasteiger charge is 2.08. The fraction of sp³-hybridized carbons (Fsp3) is 0.188. The van der Waals surface area contributed by atoms with Gasteiger partial charge in [0.2, 0.25) is 5.91 Å². The molecule has 1 aromatic carbocycles. The normalized spacial score (nSPS) is 10.9. The Kier molecular flexibility index (Phi) is 4.96. The number of nitrogens with one attached hydrogen (secondary N) is 1. The van der Waals surface area contributed by atoms with Gasteiger partial charge in [0.1, 0.15) is 5.82 Å². The van der Waals surface area contributed by atoms with E-state index in [1.54, 1.807) is 4.40 Å². The van der Waals surface area contributed by atoms with Gasteiger partial charge < -0.3 is 5.32 Å². The van der Waals surface area contributed by atoms with E-state index in [0.717, 1.165) is 5.69 Å². The van der Waals surface area contributed by atoms with Gasteiger partial charge in [-0.15, -0.1) is 23.1 Å². The number of fused-ring (bicyclic) bond motifs is 1. The van der Waals surface area contributed by atoms with Gasteiger partial charge in [-0.1, -0.05) is 0 Å². The van der Waals surface area contributed by atoms with Crippen LogP contribution in [-0.2, 0) is 10.5 Å². The van der Waals surface area contributed by atoms with Gasteiger partial charge in [0.25, 0.3) is 5.56 Å². The van der Waals surface area contributed by atoms with Crippen LogP contribution < -0.4 is 10.9 Å². The zero-order valence-electron chi connectivity index (χ0n) is 12.8. The second-order valence-corrected chi connectivity index (χ2v) is 6.95. The maximum absolute atomic E-state index is 12.8. The molecule has 0 aliphatic carbocycles. The van der Waals surface area contributed by atoms with Crippen molar-refractivity contribution in [2.24, 2.45) is 0 Å². The van der Waals surface area contributed by atoms with Crippen LogP contribution in [0.4, 0.5) is 10.1 Å². The number of carbonyl (C=O) groups excluding carboxylic acids is 1. The second kappa shape index (κ2) is 7.14. The number of thiazole rings is 1. The molecule has 0 bridgehead atoms. The van der Waals surface area contributed by atoms with Crippen molar-refractivity contribution in [1.82, 2.24) is 9.38 Å². The van der Waals surface area contributed by atoms with E-state index in [1.807, 2.05) is 12.3 Å². The van der Waals surface area contributed by atoms with Gasteiger partial charge in [0.05, 0.1) is 11.4 Å². The first-order valence-corrected chi connectivity index (χ1v) is 9.16. The third-order valence-electron chi connectivity index (χ3n) is 3.24. The monoisotopic (exact) mass is 363 g/mol. The third-order valence-corrected chi connectivity index (χ3v) is 5.15. The number of halogens is 1. The molecule has 0 saturated heterocycles. The van der Waals surface area contributed by atoms with Gasteiger partial charge in [0.15, 0.2) is 4.96 Å². The molecule has 5 nitrogen and oxygen atoms in total. The van der Waals surface area contributed by atoms with E-state index in [-0.39, 0.29) is 23.0 Å². The van der Waals surface area contributed by atoms with E-state index in [0.29, 0.717) is 22.1 Å². The summed E-state index contributed by atoms with van der Waals surface area (Å²) in [7, 11) is 0. The minimum absolute atomic E-state index is 0.106. The highest BCUT2D eigenvalue weighted by Crippen LogP contribution is 2.15. The van der Waals surface area contributed by atoms with Crippen LogP contribution >= 0.6 is 23.1 Å². The van der Waals surface area contributed by atoms with Crippen LogP contribution in [0.1, 0.15) is 11.4 Å². The lowest BCUT2D eigenvalue weighted by atomic mass is 10.3. The van der Waals surface area contributed by atoms with Gasteiger partial charge in [0, 0.05) is 28.6 Å². The lowest BCUT2D eigenvalue weighted by Crippen LogP contribution is -2.16. The summed E-state index contributed by atoms with van der Waals surface area (Å²) in [6.07, 6.45) is 0.